The topological polar surface area (TPSA) is 98.2 Å². The first kappa shape index (κ1) is 23.6. The Balaban J connectivity index is 1.70. The molecule has 0 aliphatic rings. The van der Waals surface area contributed by atoms with Crippen LogP contribution in [0.15, 0.2) is 65.8 Å². The third-order valence-corrected chi connectivity index (χ3v) is 4.90. The smallest absolute Gasteiger partial charge is 0.271 e. The molecule has 0 heterocycles. The van der Waals surface area contributed by atoms with E-state index < -0.39 is 5.91 Å². The van der Waals surface area contributed by atoms with E-state index in [2.05, 4.69) is 15.8 Å². The number of methoxy groups -OCH3 is 3. The highest BCUT2D eigenvalue weighted by atomic mass is 35.5. The Morgan fingerprint density at radius 3 is 2.21 bits per heavy atom. The molecule has 0 spiro atoms. The van der Waals surface area contributed by atoms with Crippen molar-refractivity contribution in [3.05, 3.63) is 82.4 Å². The van der Waals surface area contributed by atoms with Crippen molar-refractivity contribution in [1.82, 2.24) is 5.43 Å². The van der Waals surface area contributed by atoms with E-state index in [1.54, 1.807) is 60.7 Å². The van der Waals surface area contributed by atoms with Crippen molar-refractivity contribution in [2.45, 2.75) is 0 Å². The molecule has 33 heavy (non-hydrogen) atoms. The molecule has 0 radical (unpaired) electrons. The minimum Gasteiger partial charge on any atom is -0.493 e. The summed E-state index contributed by atoms with van der Waals surface area (Å²) in [4.78, 5) is 25.0. The van der Waals surface area contributed by atoms with Crippen LogP contribution in [0.25, 0.3) is 0 Å². The monoisotopic (exact) mass is 467 g/mol. The van der Waals surface area contributed by atoms with Gasteiger partial charge in [-0.25, -0.2) is 5.43 Å². The van der Waals surface area contributed by atoms with Gasteiger partial charge in [0.2, 0.25) is 5.75 Å². The lowest BCUT2D eigenvalue weighted by Gasteiger charge is -2.12. The molecule has 0 unspecified atom stereocenters. The lowest BCUT2D eigenvalue weighted by molar-refractivity contribution is 0.0953. The molecule has 0 fully saturated rings. The molecule has 2 N–H and O–H groups in total. The van der Waals surface area contributed by atoms with Crippen molar-refractivity contribution >= 4 is 35.3 Å². The van der Waals surface area contributed by atoms with E-state index >= 15 is 0 Å². The molecule has 3 aromatic carbocycles. The van der Waals surface area contributed by atoms with Crippen LogP contribution >= 0.6 is 11.6 Å². The second-order valence-corrected chi connectivity index (χ2v) is 7.08. The van der Waals surface area contributed by atoms with Crippen molar-refractivity contribution in [1.29, 1.82) is 0 Å². The second kappa shape index (κ2) is 11.0. The summed E-state index contributed by atoms with van der Waals surface area (Å²) in [7, 11) is 4.54. The first-order valence-corrected chi connectivity index (χ1v) is 10.1. The standard InChI is InChI=1S/C24H22ClN3O5/c1-31-20-11-15(12-21(32-2)22(20)33-3)14-26-28-23(29)16-7-6-8-17(13-16)27-24(30)18-9-4-5-10-19(18)25/h4-14H,1-3H3,(H,27,30)(H,28,29)/b26-14-. The van der Waals surface area contributed by atoms with Crippen molar-refractivity contribution < 1.29 is 23.8 Å². The summed E-state index contributed by atoms with van der Waals surface area (Å²) >= 11 is 6.07. The van der Waals surface area contributed by atoms with E-state index in [4.69, 9.17) is 25.8 Å². The second-order valence-electron chi connectivity index (χ2n) is 6.67. The quantitative estimate of drug-likeness (QED) is 0.378. The van der Waals surface area contributed by atoms with E-state index in [9.17, 15) is 9.59 Å². The number of amides is 2. The number of hydrazone groups is 1. The Bertz CT molecular complexity index is 1170. The number of carbonyl (C=O) groups excluding carboxylic acids is 2. The van der Waals surface area contributed by atoms with Crippen LogP contribution in [0.3, 0.4) is 0 Å². The number of halogens is 1. The normalized spacial score (nSPS) is 10.5. The maximum atomic E-state index is 12.5. The van der Waals surface area contributed by atoms with Gasteiger partial charge in [-0.05, 0) is 42.5 Å². The van der Waals surface area contributed by atoms with Crippen molar-refractivity contribution in [3.63, 3.8) is 0 Å². The highest BCUT2D eigenvalue weighted by molar-refractivity contribution is 6.34. The average molecular weight is 468 g/mol. The minimum atomic E-state index is -0.451. The molecule has 3 rings (SSSR count). The van der Waals surface area contributed by atoms with Crippen molar-refractivity contribution in [2.24, 2.45) is 5.10 Å². The van der Waals surface area contributed by atoms with Gasteiger partial charge in [-0.2, -0.15) is 5.10 Å². The Morgan fingerprint density at radius 2 is 1.58 bits per heavy atom. The number of carbonyl (C=O) groups is 2. The van der Waals surface area contributed by atoms with Gasteiger partial charge >= 0.3 is 0 Å². The number of ether oxygens (including phenoxy) is 3. The van der Waals surface area contributed by atoms with Crippen LogP contribution in [0.5, 0.6) is 17.2 Å². The molecule has 0 aromatic heterocycles. The molecular weight excluding hydrogens is 446 g/mol. The molecule has 0 aliphatic heterocycles. The van der Waals surface area contributed by atoms with E-state index in [0.29, 0.717) is 44.6 Å². The number of nitrogens with zero attached hydrogens (tertiary/aromatic N) is 1. The van der Waals surface area contributed by atoms with Crippen molar-refractivity contribution in [2.75, 3.05) is 26.6 Å². The maximum absolute atomic E-state index is 12.5. The van der Waals surface area contributed by atoms with Crippen LogP contribution in [0.1, 0.15) is 26.3 Å². The fourth-order valence-electron chi connectivity index (χ4n) is 2.99. The summed E-state index contributed by atoms with van der Waals surface area (Å²) in [6.07, 6.45) is 1.45. The zero-order chi connectivity index (χ0) is 23.8. The first-order chi connectivity index (χ1) is 16.0. The highest BCUT2D eigenvalue weighted by Gasteiger charge is 2.13. The molecule has 0 saturated carbocycles. The van der Waals surface area contributed by atoms with E-state index in [0.717, 1.165) is 0 Å². The van der Waals surface area contributed by atoms with Crippen LogP contribution in [0, 0.1) is 0 Å². The molecule has 170 valence electrons. The Labute approximate surface area is 196 Å². The molecular formula is C24H22ClN3O5. The van der Waals surface area contributed by atoms with Crippen molar-refractivity contribution in [3.8, 4) is 17.2 Å². The molecule has 0 bridgehead atoms. The number of hydrogen-bond acceptors (Lipinski definition) is 6. The molecule has 2 amide bonds. The highest BCUT2D eigenvalue weighted by Crippen LogP contribution is 2.37. The molecule has 9 heteroatoms. The lowest BCUT2D eigenvalue weighted by atomic mass is 10.1. The molecule has 0 atom stereocenters. The van der Waals surface area contributed by atoms with Gasteiger partial charge in [0.15, 0.2) is 11.5 Å². The minimum absolute atomic E-state index is 0.314. The molecule has 8 nitrogen and oxygen atoms in total. The third kappa shape index (κ3) is 5.81. The number of benzene rings is 3. The summed E-state index contributed by atoms with van der Waals surface area (Å²) in [5, 5.41) is 7.06. The average Bonchev–Trinajstić information content (AvgIpc) is 2.83. The number of hydrogen-bond donors (Lipinski definition) is 2. The number of nitrogens with one attached hydrogen (secondary N) is 2. The maximum Gasteiger partial charge on any atom is 0.271 e. The third-order valence-electron chi connectivity index (χ3n) is 4.57. The predicted octanol–water partition coefficient (Wildman–Crippen LogP) is 4.38. The SMILES string of the molecule is COc1cc(/C=N\NC(=O)c2cccc(NC(=O)c3ccccc3Cl)c2)cc(OC)c1OC. The summed E-state index contributed by atoms with van der Waals surface area (Å²) in [5.74, 6) is 0.557. The van der Waals surface area contributed by atoms with Gasteiger partial charge in [0.05, 0.1) is 38.1 Å². The largest absolute Gasteiger partial charge is 0.493 e. The summed E-state index contributed by atoms with van der Waals surface area (Å²) in [6, 6.07) is 16.6. The van der Waals surface area contributed by atoms with Gasteiger partial charge in [0.25, 0.3) is 11.8 Å². The van der Waals surface area contributed by atoms with E-state index in [1.807, 2.05) is 0 Å². The van der Waals surface area contributed by atoms with E-state index in [-0.39, 0.29) is 5.91 Å². The van der Waals surface area contributed by atoms with Gasteiger partial charge in [-0.3, -0.25) is 9.59 Å². The first-order valence-electron chi connectivity index (χ1n) is 9.76. The van der Waals surface area contributed by atoms with Gasteiger partial charge < -0.3 is 19.5 Å². The molecule has 0 saturated heterocycles. The lowest BCUT2D eigenvalue weighted by Crippen LogP contribution is -2.18. The van der Waals surface area contributed by atoms with Gasteiger partial charge in [0.1, 0.15) is 0 Å². The van der Waals surface area contributed by atoms with Gasteiger partial charge in [-0.1, -0.05) is 29.8 Å². The van der Waals surface area contributed by atoms with Crippen LogP contribution in [-0.4, -0.2) is 39.4 Å². The Hall–Kier alpha value is -4.04. The molecule has 0 aliphatic carbocycles. The van der Waals surface area contributed by atoms with Crippen LogP contribution in [0.4, 0.5) is 5.69 Å². The van der Waals surface area contributed by atoms with Gasteiger partial charge in [-0.15, -0.1) is 0 Å². The van der Waals surface area contributed by atoms with Gasteiger partial charge in [0, 0.05) is 16.8 Å². The fourth-order valence-corrected chi connectivity index (χ4v) is 3.21. The Kier molecular flexibility index (Phi) is 7.88. The molecule has 3 aromatic rings. The fraction of sp³-hybridized carbons (Fsp3) is 0.125. The summed E-state index contributed by atoms with van der Waals surface area (Å²) in [5.41, 5.74) is 4.18. The number of rotatable bonds is 8. The van der Waals surface area contributed by atoms with Crippen LogP contribution < -0.4 is 25.0 Å². The zero-order valence-electron chi connectivity index (χ0n) is 18.2. The summed E-state index contributed by atoms with van der Waals surface area (Å²) in [6.45, 7) is 0. The predicted molar refractivity (Wildman–Crippen MR) is 127 cm³/mol. The Morgan fingerprint density at radius 1 is 0.879 bits per heavy atom. The van der Waals surface area contributed by atoms with Crippen LogP contribution in [0.2, 0.25) is 5.02 Å². The summed E-state index contributed by atoms with van der Waals surface area (Å²) < 4.78 is 15.9. The zero-order valence-corrected chi connectivity index (χ0v) is 19.0. The number of anilines is 1. The van der Waals surface area contributed by atoms with Crippen LogP contribution in [-0.2, 0) is 0 Å². The van der Waals surface area contributed by atoms with E-state index in [1.165, 1.54) is 27.5 Å².